The molecule has 0 radical (unpaired) electrons. The van der Waals surface area contributed by atoms with Crippen molar-refractivity contribution >= 4 is 23.6 Å². The quantitative estimate of drug-likeness (QED) is 0.573. The number of hydrogen-bond donors (Lipinski definition) is 0. The van der Waals surface area contributed by atoms with Gasteiger partial charge in [0.05, 0.1) is 25.8 Å². The van der Waals surface area contributed by atoms with Gasteiger partial charge < -0.3 is 19.1 Å². The minimum Gasteiger partial charge on any atom is -0.497 e. The molecule has 0 atom stereocenters. The number of benzene rings is 2. The minimum absolute atomic E-state index is 0.00556. The number of ether oxygens (including phenoxy) is 3. The first-order chi connectivity index (χ1) is 15.0. The second-order valence-electron chi connectivity index (χ2n) is 7.25. The van der Waals surface area contributed by atoms with Gasteiger partial charge in [-0.2, -0.15) is 0 Å². The van der Waals surface area contributed by atoms with Gasteiger partial charge in [-0.3, -0.25) is 9.69 Å². The van der Waals surface area contributed by atoms with Gasteiger partial charge >= 0.3 is 0 Å². The molecule has 1 amide bonds. The first kappa shape index (κ1) is 23.0. The summed E-state index contributed by atoms with van der Waals surface area (Å²) in [6.07, 6.45) is 3.35. The van der Waals surface area contributed by atoms with E-state index in [-0.39, 0.29) is 5.91 Å². The van der Waals surface area contributed by atoms with Crippen molar-refractivity contribution in [3.63, 3.8) is 0 Å². The highest BCUT2D eigenvalue weighted by Gasteiger charge is 2.20. The van der Waals surface area contributed by atoms with Crippen LogP contribution in [0, 0.1) is 0 Å². The van der Waals surface area contributed by atoms with Gasteiger partial charge in [0.25, 0.3) is 0 Å². The molecule has 0 aromatic heterocycles. The van der Waals surface area contributed by atoms with Crippen molar-refractivity contribution in [2.45, 2.75) is 13.5 Å². The molecule has 0 spiro atoms. The van der Waals surface area contributed by atoms with Crippen molar-refractivity contribution in [3.05, 3.63) is 58.6 Å². The third-order valence-electron chi connectivity index (χ3n) is 5.20. The maximum Gasteiger partial charge on any atom is 0.246 e. The summed E-state index contributed by atoms with van der Waals surface area (Å²) in [5, 5.41) is 0.452. The third kappa shape index (κ3) is 6.15. The fourth-order valence-electron chi connectivity index (χ4n) is 3.53. The maximum absolute atomic E-state index is 12.6. The van der Waals surface area contributed by atoms with Crippen LogP contribution in [-0.4, -0.2) is 62.7 Å². The van der Waals surface area contributed by atoms with Crippen molar-refractivity contribution in [2.75, 3.05) is 47.0 Å². The second-order valence-corrected chi connectivity index (χ2v) is 7.66. The molecular weight excluding hydrogens is 416 g/mol. The molecule has 2 aromatic rings. The molecule has 166 valence electrons. The van der Waals surface area contributed by atoms with Crippen molar-refractivity contribution < 1.29 is 19.0 Å². The van der Waals surface area contributed by atoms with Gasteiger partial charge in [0.15, 0.2) is 11.5 Å². The van der Waals surface area contributed by atoms with Crippen molar-refractivity contribution in [1.82, 2.24) is 9.80 Å². The Morgan fingerprint density at radius 3 is 2.39 bits per heavy atom. The van der Waals surface area contributed by atoms with Gasteiger partial charge in [-0.25, -0.2) is 0 Å². The first-order valence-electron chi connectivity index (χ1n) is 10.4. The lowest BCUT2D eigenvalue weighted by atomic mass is 10.1. The van der Waals surface area contributed by atoms with E-state index in [9.17, 15) is 4.79 Å². The summed E-state index contributed by atoms with van der Waals surface area (Å²) >= 11 is 6.29. The SMILES string of the molecule is CCOc1cc(/C=C/C(=O)N2CCN(Cc3ccc(OC)cc3)CC2)cc(Cl)c1OC. The fourth-order valence-corrected chi connectivity index (χ4v) is 3.83. The molecule has 0 unspecified atom stereocenters. The number of piperazine rings is 1. The van der Waals surface area contributed by atoms with E-state index < -0.39 is 0 Å². The Labute approximate surface area is 188 Å². The summed E-state index contributed by atoms with van der Waals surface area (Å²) < 4.78 is 16.1. The summed E-state index contributed by atoms with van der Waals surface area (Å²) in [5.74, 6) is 1.92. The zero-order chi connectivity index (χ0) is 22.2. The Morgan fingerprint density at radius 2 is 1.77 bits per heavy atom. The number of rotatable bonds is 8. The molecule has 1 aliphatic heterocycles. The van der Waals surface area contributed by atoms with Crippen molar-refractivity contribution in [3.8, 4) is 17.2 Å². The van der Waals surface area contributed by atoms with Gasteiger partial charge in [0.2, 0.25) is 5.91 Å². The van der Waals surface area contributed by atoms with Crippen LogP contribution in [0.1, 0.15) is 18.1 Å². The lowest BCUT2D eigenvalue weighted by Gasteiger charge is -2.34. The Morgan fingerprint density at radius 1 is 1.06 bits per heavy atom. The van der Waals surface area contributed by atoms with Gasteiger partial charge in [-0.1, -0.05) is 23.7 Å². The molecule has 0 aliphatic carbocycles. The lowest BCUT2D eigenvalue weighted by molar-refractivity contribution is -0.127. The average molecular weight is 445 g/mol. The van der Waals surface area contributed by atoms with Gasteiger partial charge in [0, 0.05) is 38.8 Å². The Bertz CT molecular complexity index is 907. The minimum atomic E-state index is -0.00556. The lowest BCUT2D eigenvalue weighted by Crippen LogP contribution is -2.47. The van der Waals surface area contributed by atoms with E-state index in [2.05, 4.69) is 17.0 Å². The number of amides is 1. The zero-order valence-corrected chi connectivity index (χ0v) is 19.0. The molecule has 1 fully saturated rings. The molecule has 3 rings (SSSR count). The molecule has 2 aromatic carbocycles. The highest BCUT2D eigenvalue weighted by molar-refractivity contribution is 6.32. The van der Waals surface area contributed by atoms with E-state index >= 15 is 0 Å². The highest BCUT2D eigenvalue weighted by atomic mass is 35.5. The smallest absolute Gasteiger partial charge is 0.246 e. The third-order valence-corrected chi connectivity index (χ3v) is 5.48. The van der Waals surface area contributed by atoms with Crippen LogP contribution in [0.15, 0.2) is 42.5 Å². The van der Waals surface area contributed by atoms with Crippen LogP contribution in [0.4, 0.5) is 0 Å². The van der Waals surface area contributed by atoms with Crippen LogP contribution < -0.4 is 14.2 Å². The second kappa shape index (κ2) is 11.1. The van der Waals surface area contributed by atoms with Gasteiger partial charge in [-0.15, -0.1) is 0 Å². The molecular formula is C24H29ClN2O4. The van der Waals surface area contributed by atoms with E-state index in [1.54, 1.807) is 32.4 Å². The Hall–Kier alpha value is -2.70. The standard InChI is InChI=1S/C24H29ClN2O4/c1-4-31-22-16-19(15-21(25)24(22)30-3)7-10-23(28)27-13-11-26(12-14-27)17-18-5-8-20(29-2)9-6-18/h5-10,15-16H,4,11-14,17H2,1-3H3/b10-7+. The van der Waals surface area contributed by atoms with Gasteiger partial charge in [-0.05, 0) is 48.4 Å². The molecule has 0 bridgehead atoms. The summed E-state index contributed by atoms with van der Waals surface area (Å²) in [5.41, 5.74) is 2.03. The summed E-state index contributed by atoms with van der Waals surface area (Å²) in [4.78, 5) is 16.9. The Balaban J connectivity index is 1.55. The predicted octanol–water partition coefficient (Wildman–Crippen LogP) is 4.11. The molecule has 7 heteroatoms. The summed E-state index contributed by atoms with van der Waals surface area (Å²) in [6.45, 7) is 6.35. The summed E-state index contributed by atoms with van der Waals surface area (Å²) in [7, 11) is 3.22. The van der Waals surface area contributed by atoms with E-state index in [0.29, 0.717) is 36.2 Å². The molecule has 6 nitrogen and oxygen atoms in total. The van der Waals surface area contributed by atoms with Crippen LogP contribution >= 0.6 is 11.6 Å². The fraction of sp³-hybridized carbons (Fsp3) is 0.375. The number of hydrogen-bond acceptors (Lipinski definition) is 5. The zero-order valence-electron chi connectivity index (χ0n) is 18.3. The van der Waals surface area contributed by atoms with E-state index in [1.165, 1.54) is 5.56 Å². The molecule has 31 heavy (non-hydrogen) atoms. The number of nitrogens with zero attached hydrogens (tertiary/aromatic N) is 2. The first-order valence-corrected chi connectivity index (χ1v) is 10.7. The van der Waals surface area contributed by atoms with Crippen LogP contribution in [0.5, 0.6) is 17.2 Å². The van der Waals surface area contributed by atoms with Crippen molar-refractivity contribution in [1.29, 1.82) is 0 Å². The topological polar surface area (TPSA) is 51.2 Å². The Kier molecular flexibility index (Phi) is 8.20. The van der Waals surface area contributed by atoms with E-state index in [4.69, 9.17) is 25.8 Å². The van der Waals surface area contributed by atoms with Crippen LogP contribution in [0.25, 0.3) is 6.08 Å². The monoisotopic (exact) mass is 444 g/mol. The number of carbonyl (C=O) groups excluding carboxylic acids is 1. The van der Waals surface area contributed by atoms with Gasteiger partial charge in [0.1, 0.15) is 5.75 Å². The largest absolute Gasteiger partial charge is 0.497 e. The predicted molar refractivity (Wildman–Crippen MR) is 123 cm³/mol. The molecule has 0 saturated carbocycles. The average Bonchev–Trinajstić information content (AvgIpc) is 2.78. The molecule has 1 heterocycles. The normalized spacial score (nSPS) is 14.6. The summed E-state index contributed by atoms with van der Waals surface area (Å²) in [6, 6.07) is 11.7. The molecule has 0 N–H and O–H groups in total. The molecule has 1 saturated heterocycles. The molecule has 1 aliphatic rings. The van der Waals surface area contributed by atoms with E-state index in [0.717, 1.165) is 30.9 Å². The van der Waals surface area contributed by atoms with E-state index in [1.807, 2.05) is 30.0 Å². The highest BCUT2D eigenvalue weighted by Crippen LogP contribution is 2.36. The maximum atomic E-state index is 12.6. The van der Waals surface area contributed by atoms with Crippen LogP contribution in [0.3, 0.4) is 0 Å². The number of halogens is 1. The van der Waals surface area contributed by atoms with Crippen LogP contribution in [0.2, 0.25) is 5.02 Å². The van der Waals surface area contributed by atoms with Crippen LogP contribution in [-0.2, 0) is 11.3 Å². The number of methoxy groups -OCH3 is 2. The number of carbonyl (C=O) groups is 1. The van der Waals surface area contributed by atoms with Crippen molar-refractivity contribution in [2.24, 2.45) is 0 Å².